The second-order valence-electron chi connectivity index (χ2n) is 15.4. The van der Waals surface area contributed by atoms with Crippen molar-refractivity contribution in [2.75, 3.05) is 39.9 Å². The number of hydrogen-bond donors (Lipinski definition) is 4. The lowest BCUT2D eigenvalue weighted by Gasteiger charge is -2.59. The molecule has 1 aromatic heterocycles. The van der Waals surface area contributed by atoms with Crippen molar-refractivity contribution in [3.8, 4) is 40.6 Å². The Morgan fingerprint density at radius 3 is 2.68 bits per heavy atom. The molecule has 7 atom stereocenters. The lowest BCUT2D eigenvalue weighted by atomic mass is 9.72. The largest absolute Gasteiger partial charge is 0.504 e. The number of H-pyrrole nitrogens is 1. The number of nitrogens with one attached hydrogen (secondary N) is 3. The Morgan fingerprint density at radius 1 is 1.09 bits per heavy atom. The number of aromatic nitrogens is 1. The van der Waals surface area contributed by atoms with Crippen molar-refractivity contribution in [1.82, 2.24) is 20.5 Å². The van der Waals surface area contributed by atoms with Crippen LogP contribution in [-0.4, -0.2) is 85.0 Å². The van der Waals surface area contributed by atoms with E-state index >= 15 is 0 Å². The summed E-state index contributed by atoms with van der Waals surface area (Å²) in [5.41, 5.74) is 5.76. The summed E-state index contributed by atoms with van der Waals surface area (Å²) in [4.78, 5) is 33.5. The average Bonchev–Trinajstić information content (AvgIpc) is 3.83. The molecule has 4 aromatic rings. The first kappa shape index (κ1) is 35.3. The molecule has 11 rings (SSSR count). The van der Waals surface area contributed by atoms with Gasteiger partial charge in [-0.05, 0) is 61.6 Å². The van der Waals surface area contributed by atoms with Crippen LogP contribution in [0.5, 0.6) is 34.5 Å². The highest BCUT2D eigenvalue weighted by Crippen LogP contribution is 2.63. The molecular formula is C41H41N5O9S. The fraction of sp³-hybridized carbons (Fsp3) is 0.439. The number of aryl methyl sites for hydroxylation is 1. The third kappa shape index (κ3) is 4.73. The topological polar surface area (TPSA) is 177 Å². The highest BCUT2D eigenvalue weighted by atomic mass is 32.2. The Bertz CT molecular complexity index is 2430. The first-order chi connectivity index (χ1) is 27.1. The number of fused-ring (bicyclic) bond motifs is 11. The second-order valence-corrected chi connectivity index (χ2v) is 16.5. The number of methoxy groups -OCH3 is 2. The van der Waals surface area contributed by atoms with Crippen molar-refractivity contribution in [2.24, 2.45) is 0 Å². The molecular weight excluding hydrogens is 739 g/mol. The molecule has 7 aliphatic heterocycles. The van der Waals surface area contributed by atoms with E-state index in [0.717, 1.165) is 33.3 Å². The lowest BCUT2D eigenvalue weighted by Crippen LogP contribution is -2.69. The van der Waals surface area contributed by atoms with Crippen LogP contribution in [0, 0.1) is 25.2 Å². The molecule has 7 aliphatic rings. The number of nitrogens with zero attached hydrogens (tertiary/aromatic N) is 2. The molecule has 2 saturated heterocycles. The van der Waals surface area contributed by atoms with Crippen LogP contribution in [0.3, 0.4) is 0 Å². The van der Waals surface area contributed by atoms with Crippen LogP contribution in [-0.2, 0) is 32.7 Å². The van der Waals surface area contributed by atoms with Crippen LogP contribution in [0.2, 0.25) is 0 Å². The number of phenolic OH excluding ortho intramolecular Hbond substituents is 1. The first-order valence-corrected chi connectivity index (χ1v) is 19.8. The van der Waals surface area contributed by atoms with Gasteiger partial charge in [-0.15, -0.1) is 11.8 Å². The number of thioether (sulfide) groups is 1. The number of carbonyl (C=O) groups is 2. The molecule has 15 heteroatoms. The number of nitriles is 1. The van der Waals surface area contributed by atoms with Gasteiger partial charge in [0.2, 0.25) is 6.79 Å². The zero-order valence-corrected chi connectivity index (χ0v) is 32.3. The van der Waals surface area contributed by atoms with Gasteiger partial charge in [-0.25, -0.2) is 4.79 Å². The Morgan fingerprint density at radius 2 is 1.91 bits per heavy atom. The van der Waals surface area contributed by atoms with E-state index in [1.54, 1.807) is 14.2 Å². The van der Waals surface area contributed by atoms with E-state index < -0.39 is 46.9 Å². The Kier molecular flexibility index (Phi) is 7.99. The van der Waals surface area contributed by atoms with Crippen molar-refractivity contribution in [1.29, 1.82) is 5.26 Å². The minimum atomic E-state index is -1.29. The van der Waals surface area contributed by atoms with E-state index in [1.165, 1.54) is 18.7 Å². The van der Waals surface area contributed by atoms with Crippen LogP contribution in [0.25, 0.3) is 10.9 Å². The summed E-state index contributed by atoms with van der Waals surface area (Å²) in [5.74, 6) is 1.70. The number of ether oxygens (including phenoxy) is 6. The van der Waals surface area contributed by atoms with Crippen LogP contribution >= 0.6 is 11.8 Å². The van der Waals surface area contributed by atoms with Gasteiger partial charge in [-0.1, -0.05) is 6.07 Å². The zero-order chi connectivity index (χ0) is 38.8. The van der Waals surface area contributed by atoms with Crippen molar-refractivity contribution >= 4 is 34.6 Å². The van der Waals surface area contributed by atoms with Gasteiger partial charge in [-0.2, -0.15) is 5.26 Å². The molecule has 0 amide bonds. The molecule has 0 aliphatic carbocycles. The molecule has 1 spiro atoms. The summed E-state index contributed by atoms with van der Waals surface area (Å²) < 4.78 is 36.2. The van der Waals surface area contributed by atoms with Crippen LogP contribution in [0.4, 0.5) is 0 Å². The first-order valence-electron chi connectivity index (χ1n) is 18.8. The second kappa shape index (κ2) is 12.7. The van der Waals surface area contributed by atoms with E-state index in [9.17, 15) is 20.0 Å². The van der Waals surface area contributed by atoms with Gasteiger partial charge >= 0.3 is 11.9 Å². The normalized spacial score (nSPS) is 28.4. The third-order valence-corrected chi connectivity index (χ3v) is 14.1. The molecule has 0 saturated carbocycles. The monoisotopic (exact) mass is 779 g/mol. The van der Waals surface area contributed by atoms with Gasteiger partial charge in [-0.3, -0.25) is 15.0 Å². The van der Waals surface area contributed by atoms with Gasteiger partial charge < -0.3 is 43.8 Å². The summed E-state index contributed by atoms with van der Waals surface area (Å²) >= 11 is 1.52. The number of hydrogen-bond acceptors (Lipinski definition) is 14. The number of aromatic hydroxyl groups is 1. The summed E-state index contributed by atoms with van der Waals surface area (Å²) in [7, 11) is 3.17. The standard InChI is InChI=1S/C41H41N5O9S/c1-17-10-20-11-25-26(13-42)46-27-14-52-40(49)41(39-22(8-9-43-41)23-12-21(50-4)6-7-24(23)45-39)15-56-38(32(46)31(44-25)28(20)33(48)34(17)51-5)30-29(27)37-36(53-16-54-37)18(2)35(30)55-19(3)47/h6-7,10,12,25-27,31-32,38,43-45,48H,8-9,11,14-16H2,1-5H3/t25-,26+,27+,31?,32?,38-,41-/m1/s1. The van der Waals surface area contributed by atoms with Crippen molar-refractivity contribution in [3.63, 3.8) is 0 Å². The predicted octanol–water partition coefficient (Wildman–Crippen LogP) is 4.42. The van der Waals surface area contributed by atoms with E-state index in [2.05, 4.69) is 26.6 Å². The molecule has 4 bridgehead atoms. The number of piperazine rings is 1. The Hall–Kier alpha value is -5.14. The zero-order valence-electron chi connectivity index (χ0n) is 31.5. The van der Waals surface area contributed by atoms with Crippen LogP contribution < -0.4 is 34.3 Å². The highest BCUT2D eigenvalue weighted by molar-refractivity contribution is 7.99. The summed E-state index contributed by atoms with van der Waals surface area (Å²) in [5, 5.41) is 30.8. The van der Waals surface area contributed by atoms with Crippen molar-refractivity contribution in [3.05, 3.63) is 68.9 Å². The number of benzene rings is 3. The molecule has 4 N–H and O–H groups in total. The maximum Gasteiger partial charge on any atom is 0.333 e. The molecule has 2 unspecified atom stereocenters. The van der Waals surface area contributed by atoms with Gasteiger partial charge in [0.1, 0.15) is 24.1 Å². The van der Waals surface area contributed by atoms with E-state index in [-0.39, 0.29) is 30.9 Å². The van der Waals surface area contributed by atoms with Crippen LogP contribution in [0.15, 0.2) is 24.3 Å². The highest BCUT2D eigenvalue weighted by Gasteiger charge is 2.60. The number of phenols is 1. The summed E-state index contributed by atoms with van der Waals surface area (Å²) in [6.07, 6.45) is 1.16. The predicted molar refractivity (Wildman–Crippen MR) is 204 cm³/mol. The molecule has 56 heavy (non-hydrogen) atoms. The number of carbonyl (C=O) groups excluding carboxylic acids is 2. The number of aromatic amines is 1. The molecule has 2 fully saturated rings. The minimum Gasteiger partial charge on any atom is -0.504 e. The molecule has 14 nitrogen and oxygen atoms in total. The van der Waals surface area contributed by atoms with E-state index in [0.29, 0.717) is 70.4 Å². The quantitative estimate of drug-likeness (QED) is 0.170. The smallest absolute Gasteiger partial charge is 0.333 e. The third-order valence-electron chi connectivity index (χ3n) is 12.6. The maximum absolute atomic E-state index is 14.9. The minimum absolute atomic E-state index is 0.0454. The molecule has 8 heterocycles. The van der Waals surface area contributed by atoms with Gasteiger partial charge in [0.05, 0.1) is 43.3 Å². The lowest BCUT2D eigenvalue weighted by molar-refractivity contribution is -0.155. The number of esters is 2. The van der Waals surface area contributed by atoms with E-state index in [1.807, 2.05) is 38.1 Å². The van der Waals surface area contributed by atoms with Gasteiger partial charge in [0, 0.05) is 64.5 Å². The SMILES string of the molecule is COc1ccc2[nH]c3c(c2c1)CCN[C@]31CS[C@@H]2c3c(OC(C)=O)c(C)c4c(c3[C@H](COC1=O)N1C2C2N[C@H](Cc3cc(C)c(OC)c(O)c32)[C@@H]1C#N)OCO4. The summed E-state index contributed by atoms with van der Waals surface area (Å²) in [6, 6.07) is 7.74. The van der Waals surface area contributed by atoms with Crippen molar-refractivity contribution in [2.45, 2.75) is 74.6 Å². The van der Waals surface area contributed by atoms with Crippen molar-refractivity contribution < 1.29 is 43.1 Å². The molecule has 290 valence electrons. The fourth-order valence-electron chi connectivity index (χ4n) is 10.4. The van der Waals surface area contributed by atoms with Crippen LogP contribution in [0.1, 0.15) is 68.9 Å². The Balaban J connectivity index is 1.23. The molecule has 3 aromatic carbocycles. The number of rotatable bonds is 3. The maximum atomic E-state index is 14.9. The Labute approximate surface area is 326 Å². The summed E-state index contributed by atoms with van der Waals surface area (Å²) in [6.45, 7) is 5.45. The fourth-order valence-corrected chi connectivity index (χ4v) is 12.0. The average molecular weight is 780 g/mol. The van der Waals surface area contributed by atoms with Gasteiger partial charge in [0.25, 0.3) is 0 Å². The van der Waals surface area contributed by atoms with Gasteiger partial charge in [0.15, 0.2) is 28.5 Å². The van der Waals surface area contributed by atoms with E-state index in [4.69, 9.17) is 28.4 Å². The molecule has 0 radical (unpaired) electrons.